The smallest absolute Gasteiger partial charge is 0.0940 e. The van der Waals surface area contributed by atoms with Gasteiger partial charge in [0.05, 0.1) is 17.3 Å². The van der Waals surface area contributed by atoms with Crippen LogP contribution in [0.15, 0.2) is 10.9 Å². The minimum atomic E-state index is -0.416. The van der Waals surface area contributed by atoms with Gasteiger partial charge in [-0.15, -0.1) is 11.3 Å². The van der Waals surface area contributed by atoms with Crippen LogP contribution in [0.5, 0.6) is 0 Å². The molecule has 0 aliphatic heterocycles. The van der Waals surface area contributed by atoms with Gasteiger partial charge >= 0.3 is 0 Å². The Labute approximate surface area is 51.8 Å². The fourth-order valence-corrected chi connectivity index (χ4v) is 1.07. The lowest BCUT2D eigenvalue weighted by molar-refractivity contribution is 0.195. The van der Waals surface area contributed by atoms with E-state index < -0.39 is 6.10 Å². The predicted octanol–water partition coefficient (Wildman–Crippen LogP) is 1.20. The molecule has 0 saturated carbocycles. The number of aliphatic hydroxyl groups excluding tert-OH is 1. The van der Waals surface area contributed by atoms with Gasteiger partial charge in [-0.05, 0) is 6.92 Å². The first-order valence-corrected chi connectivity index (χ1v) is 3.31. The molecule has 2 nitrogen and oxygen atoms in total. The fourth-order valence-electron chi connectivity index (χ4n) is 0.428. The molecule has 1 heterocycles. The molecule has 44 valence electrons. The van der Waals surface area contributed by atoms with Crippen molar-refractivity contribution in [2.24, 2.45) is 0 Å². The zero-order valence-electron chi connectivity index (χ0n) is 4.53. The highest BCUT2D eigenvalue weighted by molar-refractivity contribution is 7.07. The quantitative estimate of drug-likeness (QED) is 0.618. The minimum absolute atomic E-state index is 0.416. The second kappa shape index (κ2) is 2.24. The average Bonchev–Trinajstić information content (AvgIpc) is 2.12. The summed E-state index contributed by atoms with van der Waals surface area (Å²) in [7, 11) is 0. The Kier molecular flexibility index (Phi) is 1.60. The van der Waals surface area contributed by atoms with Crippen molar-refractivity contribution < 1.29 is 5.11 Å². The highest BCUT2D eigenvalue weighted by Gasteiger charge is 1.99. The highest BCUT2D eigenvalue weighted by atomic mass is 32.1. The van der Waals surface area contributed by atoms with Crippen LogP contribution < -0.4 is 0 Å². The standard InChI is InChI=1S/C5H7NOS/c1-4(7)5-2-8-3-6-5/h2-4,7H,1H3. The first kappa shape index (κ1) is 5.72. The summed E-state index contributed by atoms with van der Waals surface area (Å²) in [6.07, 6.45) is -0.416. The molecule has 0 aliphatic carbocycles. The van der Waals surface area contributed by atoms with Crippen LogP contribution in [0.3, 0.4) is 0 Å². The highest BCUT2D eigenvalue weighted by Crippen LogP contribution is 2.09. The Bertz CT molecular complexity index is 147. The number of aromatic nitrogens is 1. The topological polar surface area (TPSA) is 33.1 Å². The van der Waals surface area contributed by atoms with E-state index in [0.717, 1.165) is 5.69 Å². The van der Waals surface area contributed by atoms with Crippen LogP contribution in [-0.2, 0) is 0 Å². The van der Waals surface area contributed by atoms with Crippen molar-refractivity contribution in [2.45, 2.75) is 13.0 Å². The van der Waals surface area contributed by atoms with E-state index in [1.807, 2.05) is 5.38 Å². The number of hydrogen-bond acceptors (Lipinski definition) is 3. The van der Waals surface area contributed by atoms with Crippen molar-refractivity contribution in [3.05, 3.63) is 16.6 Å². The molecule has 0 aliphatic rings. The van der Waals surface area contributed by atoms with Crippen molar-refractivity contribution in [3.63, 3.8) is 0 Å². The minimum Gasteiger partial charge on any atom is -0.387 e. The van der Waals surface area contributed by atoms with Crippen molar-refractivity contribution in [1.29, 1.82) is 0 Å². The normalized spacial score (nSPS) is 13.8. The Morgan fingerprint density at radius 3 is 2.88 bits per heavy atom. The molecule has 0 amide bonds. The fraction of sp³-hybridized carbons (Fsp3) is 0.400. The van der Waals surface area contributed by atoms with E-state index in [0.29, 0.717) is 0 Å². The van der Waals surface area contributed by atoms with E-state index in [9.17, 15) is 0 Å². The third-order valence-corrected chi connectivity index (χ3v) is 1.48. The molecule has 1 atom stereocenters. The Balaban J connectivity index is 2.77. The van der Waals surface area contributed by atoms with Gasteiger partial charge in [-0.2, -0.15) is 0 Å². The van der Waals surface area contributed by atoms with Crippen LogP contribution in [-0.4, -0.2) is 10.1 Å². The molecular formula is C5H7NOS. The molecule has 0 aromatic carbocycles. The van der Waals surface area contributed by atoms with Gasteiger partial charge in [0.25, 0.3) is 0 Å². The van der Waals surface area contributed by atoms with Crippen molar-refractivity contribution in [1.82, 2.24) is 4.98 Å². The molecule has 0 bridgehead atoms. The van der Waals surface area contributed by atoms with Crippen molar-refractivity contribution in [2.75, 3.05) is 0 Å². The van der Waals surface area contributed by atoms with Crippen LogP contribution in [0.4, 0.5) is 0 Å². The molecule has 1 unspecified atom stereocenters. The van der Waals surface area contributed by atoms with E-state index in [1.165, 1.54) is 11.3 Å². The Morgan fingerprint density at radius 2 is 2.62 bits per heavy atom. The summed E-state index contributed by atoms with van der Waals surface area (Å²) < 4.78 is 0. The van der Waals surface area contributed by atoms with E-state index in [4.69, 9.17) is 5.11 Å². The van der Waals surface area contributed by atoms with Crippen molar-refractivity contribution >= 4 is 11.3 Å². The molecule has 1 aromatic rings. The molecule has 0 spiro atoms. The summed E-state index contributed by atoms with van der Waals surface area (Å²) in [6.45, 7) is 1.70. The second-order valence-electron chi connectivity index (χ2n) is 1.59. The monoisotopic (exact) mass is 129 g/mol. The molecule has 8 heavy (non-hydrogen) atoms. The number of rotatable bonds is 1. The summed E-state index contributed by atoms with van der Waals surface area (Å²) >= 11 is 1.50. The van der Waals surface area contributed by atoms with Gasteiger partial charge in [-0.25, -0.2) is 4.98 Å². The predicted molar refractivity (Wildman–Crippen MR) is 32.7 cm³/mol. The van der Waals surface area contributed by atoms with Gasteiger partial charge in [0.2, 0.25) is 0 Å². The maximum atomic E-state index is 8.86. The molecule has 1 aromatic heterocycles. The van der Waals surface area contributed by atoms with Crippen LogP contribution in [0.25, 0.3) is 0 Å². The number of hydrogen-bond donors (Lipinski definition) is 1. The van der Waals surface area contributed by atoms with E-state index in [2.05, 4.69) is 4.98 Å². The first-order chi connectivity index (χ1) is 3.80. The van der Waals surface area contributed by atoms with Crippen LogP contribution in [0.2, 0.25) is 0 Å². The van der Waals surface area contributed by atoms with E-state index >= 15 is 0 Å². The second-order valence-corrected chi connectivity index (χ2v) is 2.31. The molecular weight excluding hydrogens is 122 g/mol. The van der Waals surface area contributed by atoms with Crippen LogP contribution >= 0.6 is 11.3 Å². The Morgan fingerprint density at radius 1 is 1.88 bits per heavy atom. The van der Waals surface area contributed by atoms with Gasteiger partial charge < -0.3 is 5.11 Å². The molecule has 1 N–H and O–H groups in total. The first-order valence-electron chi connectivity index (χ1n) is 2.37. The SMILES string of the molecule is CC(O)c1cscn1. The summed E-state index contributed by atoms with van der Waals surface area (Å²) in [5.74, 6) is 0. The summed E-state index contributed by atoms with van der Waals surface area (Å²) in [5.41, 5.74) is 2.47. The summed E-state index contributed by atoms with van der Waals surface area (Å²) in [5, 5.41) is 10.7. The third-order valence-electron chi connectivity index (χ3n) is 0.879. The average molecular weight is 129 g/mol. The molecule has 1 rings (SSSR count). The van der Waals surface area contributed by atoms with Gasteiger partial charge in [0.1, 0.15) is 0 Å². The van der Waals surface area contributed by atoms with Crippen LogP contribution in [0.1, 0.15) is 18.7 Å². The van der Waals surface area contributed by atoms with Gasteiger partial charge in [0, 0.05) is 5.38 Å². The summed E-state index contributed by atoms with van der Waals surface area (Å²) in [6, 6.07) is 0. The van der Waals surface area contributed by atoms with Gasteiger partial charge in [-0.3, -0.25) is 0 Å². The van der Waals surface area contributed by atoms with Gasteiger partial charge in [0.15, 0.2) is 0 Å². The molecule has 0 fully saturated rings. The van der Waals surface area contributed by atoms with Crippen molar-refractivity contribution in [3.8, 4) is 0 Å². The number of aliphatic hydroxyl groups is 1. The van der Waals surface area contributed by atoms with E-state index in [-0.39, 0.29) is 0 Å². The molecule has 0 saturated heterocycles. The third kappa shape index (κ3) is 1.05. The zero-order chi connectivity index (χ0) is 5.98. The van der Waals surface area contributed by atoms with E-state index in [1.54, 1.807) is 12.4 Å². The zero-order valence-corrected chi connectivity index (χ0v) is 5.35. The van der Waals surface area contributed by atoms with Gasteiger partial charge in [-0.1, -0.05) is 0 Å². The lowest BCUT2D eigenvalue weighted by atomic mass is 10.3. The number of thiazole rings is 1. The summed E-state index contributed by atoms with van der Waals surface area (Å²) in [4.78, 5) is 3.88. The molecule has 0 radical (unpaired) electrons. The maximum absolute atomic E-state index is 8.86. The Hall–Kier alpha value is -0.410. The van der Waals surface area contributed by atoms with Crippen LogP contribution in [0, 0.1) is 0 Å². The lowest BCUT2D eigenvalue weighted by Crippen LogP contribution is -1.88. The number of nitrogens with zero attached hydrogens (tertiary/aromatic N) is 1. The molecule has 3 heteroatoms. The largest absolute Gasteiger partial charge is 0.387 e. The lowest BCUT2D eigenvalue weighted by Gasteiger charge is -1.94. The maximum Gasteiger partial charge on any atom is 0.0940 e.